The lowest BCUT2D eigenvalue weighted by atomic mass is 9.99. The molecule has 0 spiro atoms. The summed E-state index contributed by atoms with van der Waals surface area (Å²) >= 11 is 1.26. The summed E-state index contributed by atoms with van der Waals surface area (Å²) in [5.74, 6) is -0.0292. The molecule has 1 N–H and O–H groups in total. The highest BCUT2D eigenvalue weighted by Gasteiger charge is 2.16. The van der Waals surface area contributed by atoms with Crippen LogP contribution < -0.4 is 10.1 Å². The minimum absolute atomic E-state index is 0.0707. The second kappa shape index (κ2) is 11.0. The number of esters is 1. The fourth-order valence-corrected chi connectivity index (χ4v) is 4.41. The van der Waals surface area contributed by atoms with Gasteiger partial charge in [0.25, 0.3) is 0 Å². The molecular formula is C27H26N2O5S. The van der Waals surface area contributed by atoms with E-state index in [0.29, 0.717) is 35.4 Å². The number of nitrogens with zero attached hydrogens (tertiary/aromatic N) is 1. The van der Waals surface area contributed by atoms with E-state index < -0.39 is 0 Å². The van der Waals surface area contributed by atoms with Gasteiger partial charge < -0.3 is 13.9 Å². The van der Waals surface area contributed by atoms with Gasteiger partial charge in [-0.3, -0.25) is 14.9 Å². The van der Waals surface area contributed by atoms with Crippen LogP contribution in [0.3, 0.4) is 0 Å². The smallest absolute Gasteiger partial charge is 0.311 e. The van der Waals surface area contributed by atoms with Crippen LogP contribution >= 0.6 is 11.3 Å². The lowest BCUT2D eigenvalue weighted by Crippen LogP contribution is -2.10. The van der Waals surface area contributed by atoms with Gasteiger partial charge in [-0.25, -0.2) is 4.98 Å². The summed E-state index contributed by atoms with van der Waals surface area (Å²) in [5.41, 5.74) is 4.82. The van der Waals surface area contributed by atoms with Crippen molar-refractivity contribution in [1.82, 2.24) is 4.98 Å². The van der Waals surface area contributed by atoms with Crippen molar-refractivity contribution in [2.75, 3.05) is 18.5 Å². The monoisotopic (exact) mass is 490 g/mol. The van der Waals surface area contributed by atoms with Crippen LogP contribution in [0.5, 0.6) is 5.75 Å². The summed E-state index contributed by atoms with van der Waals surface area (Å²) in [6.07, 6.45) is 3.32. The minimum atomic E-state index is -0.348. The molecule has 0 radical (unpaired) electrons. The summed E-state index contributed by atoms with van der Waals surface area (Å²) in [7, 11) is 0. The molecule has 0 unspecified atom stereocenters. The van der Waals surface area contributed by atoms with Gasteiger partial charge in [0.15, 0.2) is 5.13 Å². The highest BCUT2D eigenvalue weighted by Crippen LogP contribution is 2.37. The maximum absolute atomic E-state index is 12.7. The number of hydrogen-bond acceptors (Lipinski definition) is 7. The average molecular weight is 491 g/mol. The number of furan rings is 1. The van der Waals surface area contributed by atoms with E-state index in [9.17, 15) is 9.59 Å². The topological polar surface area (TPSA) is 90.7 Å². The molecule has 0 atom stereocenters. The first kappa shape index (κ1) is 24.2. The lowest BCUT2D eigenvalue weighted by Gasteiger charge is -2.11. The molecule has 4 aromatic rings. The van der Waals surface area contributed by atoms with Crippen LogP contribution in [-0.2, 0) is 20.7 Å². The van der Waals surface area contributed by atoms with E-state index in [1.54, 1.807) is 18.6 Å². The maximum Gasteiger partial charge on any atom is 0.311 e. The number of ether oxygens (including phenoxy) is 2. The van der Waals surface area contributed by atoms with Gasteiger partial charge in [-0.2, -0.15) is 0 Å². The highest BCUT2D eigenvalue weighted by atomic mass is 32.1. The largest absolute Gasteiger partial charge is 0.493 e. The molecular weight excluding hydrogens is 464 g/mol. The van der Waals surface area contributed by atoms with E-state index in [4.69, 9.17) is 13.9 Å². The van der Waals surface area contributed by atoms with Gasteiger partial charge in [0, 0.05) is 34.0 Å². The number of rotatable bonds is 9. The van der Waals surface area contributed by atoms with E-state index in [0.717, 1.165) is 27.6 Å². The van der Waals surface area contributed by atoms with E-state index in [1.165, 1.54) is 17.4 Å². The van der Waals surface area contributed by atoms with Crippen molar-refractivity contribution in [3.05, 3.63) is 71.4 Å². The van der Waals surface area contributed by atoms with Gasteiger partial charge >= 0.3 is 5.97 Å². The van der Waals surface area contributed by atoms with Crippen molar-refractivity contribution in [1.29, 1.82) is 0 Å². The summed E-state index contributed by atoms with van der Waals surface area (Å²) in [4.78, 5) is 28.7. The summed E-state index contributed by atoms with van der Waals surface area (Å²) in [6, 6.07) is 13.8. The van der Waals surface area contributed by atoms with Crippen LogP contribution in [0.2, 0.25) is 0 Å². The zero-order valence-corrected chi connectivity index (χ0v) is 20.6. The molecule has 2 aromatic carbocycles. The molecule has 0 aliphatic carbocycles. The van der Waals surface area contributed by atoms with E-state index >= 15 is 0 Å². The second-order valence-corrected chi connectivity index (χ2v) is 8.59. The molecule has 8 heteroatoms. The van der Waals surface area contributed by atoms with Crippen molar-refractivity contribution in [2.45, 2.75) is 27.2 Å². The predicted octanol–water partition coefficient (Wildman–Crippen LogP) is 6.10. The van der Waals surface area contributed by atoms with Gasteiger partial charge in [0.05, 0.1) is 31.6 Å². The molecule has 2 aromatic heterocycles. The molecule has 1 amide bonds. The van der Waals surface area contributed by atoms with Crippen LogP contribution in [0.4, 0.5) is 5.13 Å². The SMILES string of the molecule is CCOC(=O)Cc1csc(NC(=O)/C=C(\C)c2cc3c(-c4ccccc4)coc3cc2OCC)n1. The van der Waals surface area contributed by atoms with Gasteiger partial charge in [-0.05, 0) is 38.0 Å². The number of carbonyl (C=O) groups excluding carboxylic acids is 2. The van der Waals surface area contributed by atoms with Crippen LogP contribution in [0.1, 0.15) is 32.0 Å². The Bertz CT molecular complexity index is 1370. The molecule has 0 saturated heterocycles. The Morgan fingerprint density at radius 3 is 2.69 bits per heavy atom. The number of fused-ring (bicyclic) bond motifs is 1. The molecule has 0 saturated carbocycles. The molecule has 0 aliphatic rings. The van der Waals surface area contributed by atoms with Crippen molar-refractivity contribution in [3.8, 4) is 16.9 Å². The standard InChI is InChI=1S/C27H26N2O5S/c1-4-32-23-14-24-21(22(15-34-24)18-9-7-6-8-10-18)13-20(23)17(3)11-25(30)29-27-28-19(16-35-27)12-26(31)33-5-2/h6-11,13-16H,4-5,12H2,1-3H3,(H,28,29,30)/b17-11+. The highest BCUT2D eigenvalue weighted by molar-refractivity contribution is 7.14. The van der Waals surface area contributed by atoms with Crippen molar-refractivity contribution >= 4 is 44.9 Å². The molecule has 0 aliphatic heterocycles. The van der Waals surface area contributed by atoms with Gasteiger partial charge in [0.1, 0.15) is 11.3 Å². The first-order valence-electron chi connectivity index (χ1n) is 11.3. The Balaban J connectivity index is 1.59. The number of hydrogen-bond donors (Lipinski definition) is 1. The summed E-state index contributed by atoms with van der Waals surface area (Å²) in [5, 5.41) is 5.85. The normalized spacial score (nSPS) is 11.5. The number of thiazole rings is 1. The van der Waals surface area contributed by atoms with E-state index in [-0.39, 0.29) is 18.3 Å². The molecule has 0 fully saturated rings. The molecule has 2 heterocycles. The minimum Gasteiger partial charge on any atom is -0.493 e. The number of benzene rings is 2. The fourth-order valence-electron chi connectivity index (χ4n) is 3.70. The molecule has 0 bridgehead atoms. The van der Waals surface area contributed by atoms with Crippen molar-refractivity contribution < 1.29 is 23.5 Å². The number of carbonyl (C=O) groups is 2. The van der Waals surface area contributed by atoms with Crippen LogP contribution in [0.25, 0.3) is 27.7 Å². The Morgan fingerprint density at radius 2 is 1.94 bits per heavy atom. The van der Waals surface area contributed by atoms with Crippen molar-refractivity contribution in [3.63, 3.8) is 0 Å². The summed E-state index contributed by atoms with van der Waals surface area (Å²) in [6.45, 7) is 6.32. The van der Waals surface area contributed by atoms with E-state index in [1.807, 2.05) is 56.3 Å². The lowest BCUT2D eigenvalue weighted by molar-refractivity contribution is -0.142. The third-order valence-electron chi connectivity index (χ3n) is 5.25. The Morgan fingerprint density at radius 1 is 1.14 bits per heavy atom. The predicted molar refractivity (Wildman–Crippen MR) is 138 cm³/mol. The van der Waals surface area contributed by atoms with Gasteiger partial charge in [0.2, 0.25) is 5.91 Å². The Labute approximate surface area is 207 Å². The fraction of sp³-hybridized carbons (Fsp3) is 0.222. The maximum atomic E-state index is 12.7. The zero-order valence-electron chi connectivity index (χ0n) is 19.8. The van der Waals surface area contributed by atoms with E-state index in [2.05, 4.69) is 10.3 Å². The number of amides is 1. The number of aromatic nitrogens is 1. The first-order valence-corrected chi connectivity index (χ1v) is 12.2. The third kappa shape index (κ3) is 5.78. The van der Waals surface area contributed by atoms with Gasteiger partial charge in [-0.1, -0.05) is 30.3 Å². The molecule has 4 rings (SSSR count). The quantitative estimate of drug-likeness (QED) is 0.225. The summed E-state index contributed by atoms with van der Waals surface area (Å²) < 4.78 is 16.6. The Kier molecular flexibility index (Phi) is 7.62. The molecule has 7 nitrogen and oxygen atoms in total. The van der Waals surface area contributed by atoms with Crippen LogP contribution in [0.15, 0.2) is 64.6 Å². The second-order valence-electron chi connectivity index (χ2n) is 7.74. The van der Waals surface area contributed by atoms with Crippen molar-refractivity contribution in [2.24, 2.45) is 0 Å². The van der Waals surface area contributed by atoms with Crippen LogP contribution in [-0.4, -0.2) is 30.1 Å². The zero-order chi connectivity index (χ0) is 24.8. The first-order chi connectivity index (χ1) is 17.0. The van der Waals surface area contributed by atoms with Gasteiger partial charge in [-0.15, -0.1) is 11.3 Å². The molecule has 35 heavy (non-hydrogen) atoms. The average Bonchev–Trinajstić information content (AvgIpc) is 3.45. The Hall–Kier alpha value is -3.91. The number of allylic oxidation sites excluding steroid dienone is 1. The number of anilines is 1. The third-order valence-corrected chi connectivity index (χ3v) is 6.05. The molecule has 180 valence electrons. The number of nitrogens with one attached hydrogen (secondary N) is 1. The van der Waals surface area contributed by atoms with Crippen LogP contribution in [0, 0.1) is 0 Å².